The Morgan fingerprint density at radius 2 is 1.81 bits per heavy atom. The number of thioether (sulfide) groups is 1. The van der Waals surface area contributed by atoms with E-state index in [2.05, 4.69) is 0 Å². The second-order valence-electron chi connectivity index (χ2n) is 8.51. The van der Waals surface area contributed by atoms with Gasteiger partial charge in [0.2, 0.25) is 0 Å². The summed E-state index contributed by atoms with van der Waals surface area (Å²) in [5, 5.41) is 0. The maximum Gasteiger partial charge on any atom is 0.409 e. The number of nitrogens with zero attached hydrogens (tertiary/aromatic N) is 5. The smallest absolute Gasteiger partial charge is 0.409 e. The fourth-order valence-corrected chi connectivity index (χ4v) is 5.54. The van der Waals surface area contributed by atoms with Gasteiger partial charge in [-0.15, -0.1) is 0 Å². The van der Waals surface area contributed by atoms with Crippen LogP contribution in [0.4, 0.5) is 10.6 Å². The highest BCUT2D eigenvalue weighted by atomic mass is 32.2. The molecule has 4 heterocycles. The van der Waals surface area contributed by atoms with E-state index >= 15 is 0 Å². The lowest BCUT2D eigenvalue weighted by Crippen LogP contribution is -2.49. The van der Waals surface area contributed by atoms with Gasteiger partial charge in [0, 0.05) is 32.4 Å². The first-order valence-electron chi connectivity index (χ1n) is 11.9. The van der Waals surface area contributed by atoms with Crippen molar-refractivity contribution in [3.63, 3.8) is 0 Å². The van der Waals surface area contributed by atoms with Gasteiger partial charge in [-0.2, -0.15) is 0 Å². The van der Waals surface area contributed by atoms with Crippen molar-refractivity contribution in [2.75, 3.05) is 37.7 Å². The van der Waals surface area contributed by atoms with E-state index in [1.54, 1.807) is 41.1 Å². The van der Waals surface area contributed by atoms with Gasteiger partial charge >= 0.3 is 6.09 Å². The summed E-state index contributed by atoms with van der Waals surface area (Å²) in [5.74, 6) is 0.238. The molecule has 2 aliphatic heterocycles. The first-order valence-corrected chi connectivity index (χ1v) is 13.2. The topological polar surface area (TPSA) is 87.5 Å². The molecule has 0 saturated carbocycles. The Bertz CT molecular complexity index is 1450. The van der Waals surface area contributed by atoms with E-state index in [1.165, 1.54) is 16.2 Å². The summed E-state index contributed by atoms with van der Waals surface area (Å²) >= 11 is 6.69. The molecule has 2 fully saturated rings. The van der Waals surface area contributed by atoms with E-state index in [0.717, 1.165) is 5.56 Å². The van der Waals surface area contributed by atoms with E-state index in [-0.39, 0.29) is 17.6 Å². The molecule has 2 aliphatic rings. The van der Waals surface area contributed by atoms with Gasteiger partial charge in [-0.1, -0.05) is 60.4 Å². The van der Waals surface area contributed by atoms with E-state index in [0.29, 0.717) is 65.6 Å². The summed E-state index contributed by atoms with van der Waals surface area (Å²) < 4.78 is 7.03. The maximum absolute atomic E-state index is 13.6. The minimum Gasteiger partial charge on any atom is -0.450 e. The molecule has 2 amide bonds. The lowest BCUT2D eigenvalue weighted by molar-refractivity contribution is -0.122. The number of pyridine rings is 1. The van der Waals surface area contributed by atoms with Crippen molar-refractivity contribution in [2.45, 2.75) is 13.5 Å². The molecule has 0 bridgehead atoms. The number of hydrogen-bond acceptors (Lipinski definition) is 8. The van der Waals surface area contributed by atoms with Gasteiger partial charge in [0.15, 0.2) is 0 Å². The lowest BCUT2D eigenvalue weighted by Gasteiger charge is -2.35. The molecule has 5 rings (SSSR count). The molecular weight excluding hydrogens is 510 g/mol. The number of carbonyl (C=O) groups excluding carboxylic acids is 2. The first kappa shape index (κ1) is 25.0. The normalized spacial score (nSPS) is 17.2. The summed E-state index contributed by atoms with van der Waals surface area (Å²) in [4.78, 5) is 49.4. The first-order chi connectivity index (χ1) is 18.0. The average Bonchev–Trinajstić information content (AvgIpc) is 3.18. The van der Waals surface area contributed by atoms with Crippen LogP contribution in [-0.2, 0) is 16.1 Å². The second-order valence-corrected chi connectivity index (χ2v) is 10.2. The quantitative estimate of drug-likeness (QED) is 0.363. The SMILES string of the molecule is CCOC(=O)N1CCN(c2nc3ccccn3c(=O)c2/C=C2\SC(=S)N(Cc3ccccc3)C2=O)CC1. The van der Waals surface area contributed by atoms with E-state index < -0.39 is 0 Å². The molecule has 0 atom stereocenters. The highest BCUT2D eigenvalue weighted by Gasteiger charge is 2.33. The highest BCUT2D eigenvalue weighted by Crippen LogP contribution is 2.34. The predicted molar refractivity (Wildman–Crippen MR) is 147 cm³/mol. The molecule has 11 heteroatoms. The van der Waals surface area contributed by atoms with Crippen LogP contribution in [-0.4, -0.2) is 68.3 Å². The van der Waals surface area contributed by atoms with Crippen LogP contribution < -0.4 is 10.5 Å². The Morgan fingerprint density at radius 1 is 1.08 bits per heavy atom. The van der Waals surface area contributed by atoms with Crippen LogP contribution in [0, 0.1) is 0 Å². The van der Waals surface area contributed by atoms with Crippen LogP contribution in [0.3, 0.4) is 0 Å². The zero-order valence-electron chi connectivity index (χ0n) is 20.2. The van der Waals surface area contributed by atoms with Gasteiger partial charge < -0.3 is 14.5 Å². The number of thiocarbonyl (C=S) groups is 1. The summed E-state index contributed by atoms with van der Waals surface area (Å²) in [5.41, 5.74) is 1.51. The summed E-state index contributed by atoms with van der Waals surface area (Å²) in [6.45, 7) is 4.28. The molecule has 2 aromatic heterocycles. The van der Waals surface area contributed by atoms with Crippen LogP contribution in [0.15, 0.2) is 64.4 Å². The molecule has 37 heavy (non-hydrogen) atoms. The number of carbonyl (C=O) groups is 2. The lowest BCUT2D eigenvalue weighted by atomic mass is 10.2. The van der Waals surface area contributed by atoms with Crippen LogP contribution >= 0.6 is 24.0 Å². The number of rotatable bonds is 5. The molecule has 190 valence electrons. The van der Waals surface area contributed by atoms with Crippen molar-refractivity contribution >= 4 is 57.8 Å². The molecule has 0 unspecified atom stereocenters. The van der Waals surface area contributed by atoms with E-state index in [1.807, 2.05) is 41.3 Å². The number of hydrogen-bond donors (Lipinski definition) is 0. The van der Waals surface area contributed by atoms with Crippen molar-refractivity contribution in [1.29, 1.82) is 0 Å². The Hall–Kier alpha value is -3.70. The van der Waals surface area contributed by atoms with E-state index in [4.69, 9.17) is 21.9 Å². The Labute approximate surface area is 223 Å². The zero-order valence-corrected chi connectivity index (χ0v) is 21.8. The van der Waals surface area contributed by atoms with Gasteiger partial charge in [-0.25, -0.2) is 9.78 Å². The largest absolute Gasteiger partial charge is 0.450 e. The summed E-state index contributed by atoms with van der Waals surface area (Å²) in [6, 6.07) is 15.0. The van der Waals surface area contributed by atoms with Crippen molar-refractivity contribution in [3.8, 4) is 0 Å². The van der Waals surface area contributed by atoms with Crippen LogP contribution in [0.25, 0.3) is 11.7 Å². The minimum absolute atomic E-state index is 0.241. The van der Waals surface area contributed by atoms with Crippen LogP contribution in [0.5, 0.6) is 0 Å². The average molecular weight is 536 g/mol. The number of fused-ring (bicyclic) bond motifs is 1. The number of anilines is 1. The Morgan fingerprint density at radius 3 is 2.54 bits per heavy atom. The van der Waals surface area contributed by atoms with E-state index in [9.17, 15) is 14.4 Å². The van der Waals surface area contributed by atoms with Crippen molar-refractivity contribution in [1.82, 2.24) is 19.2 Å². The summed E-state index contributed by atoms with van der Waals surface area (Å²) in [6.07, 6.45) is 2.91. The number of benzene rings is 1. The minimum atomic E-state index is -0.351. The Kier molecular flexibility index (Phi) is 7.24. The molecule has 3 aromatic rings. The van der Waals surface area contributed by atoms with Crippen LogP contribution in [0.1, 0.15) is 18.1 Å². The third kappa shape index (κ3) is 5.09. The van der Waals surface area contributed by atoms with Crippen molar-refractivity contribution in [2.24, 2.45) is 0 Å². The molecule has 1 aromatic carbocycles. The maximum atomic E-state index is 13.6. The zero-order chi connectivity index (χ0) is 25.9. The molecular formula is C26H25N5O4S2. The van der Waals surface area contributed by atoms with Gasteiger partial charge in [-0.05, 0) is 30.7 Å². The monoisotopic (exact) mass is 535 g/mol. The number of amides is 2. The molecule has 0 N–H and O–H groups in total. The Balaban J connectivity index is 1.49. The van der Waals surface area contributed by atoms with Gasteiger partial charge in [0.1, 0.15) is 15.8 Å². The van der Waals surface area contributed by atoms with Crippen LogP contribution in [0.2, 0.25) is 0 Å². The number of ether oxygens (including phenoxy) is 1. The highest BCUT2D eigenvalue weighted by molar-refractivity contribution is 8.26. The predicted octanol–water partition coefficient (Wildman–Crippen LogP) is 3.37. The fourth-order valence-electron chi connectivity index (χ4n) is 4.31. The van der Waals surface area contributed by atoms with Crippen molar-refractivity contribution < 1.29 is 14.3 Å². The molecule has 0 spiro atoms. The molecule has 0 radical (unpaired) electrons. The molecule has 9 nitrogen and oxygen atoms in total. The molecule has 2 saturated heterocycles. The third-order valence-corrected chi connectivity index (χ3v) is 7.56. The van der Waals surface area contributed by atoms with Gasteiger partial charge in [0.05, 0.1) is 23.6 Å². The number of aromatic nitrogens is 2. The fraction of sp³-hybridized carbons (Fsp3) is 0.269. The third-order valence-electron chi connectivity index (χ3n) is 6.19. The van der Waals surface area contributed by atoms with Crippen molar-refractivity contribution in [3.05, 3.63) is 81.1 Å². The molecule has 0 aliphatic carbocycles. The van der Waals surface area contributed by atoms with Gasteiger partial charge in [0.25, 0.3) is 11.5 Å². The second kappa shape index (κ2) is 10.7. The standard InChI is InChI=1S/C26H25N5O4S2/c1-2-35-25(34)29-14-12-28(13-15-29)22-19(23(32)30-11-7-6-10-21(30)27-22)16-20-24(33)31(26(36)37-20)17-18-8-4-3-5-9-18/h3-11,16H,2,12-15,17H2,1H3/b20-16-. The van der Waals surface area contributed by atoms with Gasteiger partial charge in [-0.3, -0.25) is 18.9 Å². The number of piperazine rings is 1. The summed E-state index contributed by atoms with van der Waals surface area (Å²) in [7, 11) is 0.